The summed E-state index contributed by atoms with van der Waals surface area (Å²) < 4.78 is 0. The van der Waals surface area contributed by atoms with Crippen molar-refractivity contribution in [2.75, 3.05) is 23.3 Å². The Morgan fingerprint density at radius 2 is 1.95 bits per heavy atom. The summed E-state index contributed by atoms with van der Waals surface area (Å²) in [6.45, 7) is 12.8. The highest BCUT2D eigenvalue weighted by molar-refractivity contribution is 5.51. The summed E-state index contributed by atoms with van der Waals surface area (Å²) in [6, 6.07) is 2.79. The van der Waals surface area contributed by atoms with Gasteiger partial charge in [0.05, 0.1) is 0 Å². The molecule has 0 radical (unpaired) electrons. The van der Waals surface area contributed by atoms with Crippen molar-refractivity contribution in [1.29, 1.82) is 0 Å². The molecule has 4 heteroatoms. The normalized spacial score (nSPS) is 15.2. The topological polar surface area (TPSA) is 41.0 Å². The van der Waals surface area contributed by atoms with Gasteiger partial charge in [0.25, 0.3) is 0 Å². The summed E-state index contributed by atoms with van der Waals surface area (Å²) in [4.78, 5) is 12.0. The van der Waals surface area contributed by atoms with Gasteiger partial charge in [0.2, 0.25) is 0 Å². The lowest BCUT2D eigenvalue weighted by molar-refractivity contribution is 0.544. The molecular weight excluding hydrogens is 248 g/mol. The van der Waals surface area contributed by atoms with Crippen LogP contribution in [0.1, 0.15) is 59.7 Å². The number of anilines is 2. The van der Waals surface area contributed by atoms with Crippen LogP contribution in [-0.2, 0) is 5.41 Å². The smallest absolute Gasteiger partial charge is 0.138 e. The Balaban J connectivity index is 2.36. The van der Waals surface area contributed by atoms with E-state index in [1.165, 1.54) is 12.8 Å². The van der Waals surface area contributed by atoms with E-state index in [2.05, 4.69) is 55.9 Å². The van der Waals surface area contributed by atoms with Crippen LogP contribution >= 0.6 is 0 Å². The third kappa shape index (κ3) is 3.62. The zero-order chi connectivity index (χ0) is 14.8. The summed E-state index contributed by atoms with van der Waals surface area (Å²) in [5.74, 6) is 2.96. The van der Waals surface area contributed by atoms with Gasteiger partial charge in [-0.3, -0.25) is 0 Å². The zero-order valence-corrected chi connectivity index (χ0v) is 13.5. The number of rotatable bonds is 6. The van der Waals surface area contributed by atoms with Crippen LogP contribution in [0.25, 0.3) is 0 Å². The van der Waals surface area contributed by atoms with Gasteiger partial charge in [0, 0.05) is 30.6 Å². The Morgan fingerprint density at radius 1 is 1.25 bits per heavy atom. The van der Waals surface area contributed by atoms with Crippen molar-refractivity contribution >= 4 is 11.6 Å². The Labute approximate surface area is 123 Å². The van der Waals surface area contributed by atoms with Gasteiger partial charge in [-0.25, -0.2) is 9.97 Å². The molecular formula is C16H28N4. The van der Waals surface area contributed by atoms with E-state index >= 15 is 0 Å². The summed E-state index contributed by atoms with van der Waals surface area (Å²) in [5.41, 5.74) is -0.0262. The van der Waals surface area contributed by atoms with Crippen LogP contribution in [0, 0.1) is 0 Å². The van der Waals surface area contributed by atoms with Gasteiger partial charge in [-0.15, -0.1) is 0 Å². The lowest BCUT2D eigenvalue weighted by Crippen LogP contribution is -2.29. The van der Waals surface area contributed by atoms with Gasteiger partial charge in [0.1, 0.15) is 17.5 Å². The van der Waals surface area contributed by atoms with E-state index < -0.39 is 0 Å². The van der Waals surface area contributed by atoms with Crippen molar-refractivity contribution in [1.82, 2.24) is 9.97 Å². The highest BCUT2D eigenvalue weighted by Gasteiger charge is 2.30. The average Bonchev–Trinajstić information content (AvgIpc) is 3.19. The summed E-state index contributed by atoms with van der Waals surface area (Å²) in [6.07, 6.45) is 3.75. The maximum absolute atomic E-state index is 4.84. The molecule has 1 aliphatic rings. The molecule has 1 N–H and O–H groups in total. The van der Waals surface area contributed by atoms with Gasteiger partial charge in [0.15, 0.2) is 0 Å². The van der Waals surface area contributed by atoms with Gasteiger partial charge < -0.3 is 10.2 Å². The number of nitrogens with zero attached hydrogens (tertiary/aromatic N) is 3. The minimum Gasteiger partial charge on any atom is -0.370 e. The molecule has 4 nitrogen and oxygen atoms in total. The molecule has 1 fully saturated rings. The standard InChI is InChI=1S/C16H28N4/c1-6-10-20(12-8-9-12)14-11-13(17-7-2)18-15(19-14)16(3,4)5/h11-12H,6-10H2,1-5H3,(H,17,18,19). The Morgan fingerprint density at radius 3 is 2.45 bits per heavy atom. The molecule has 1 heterocycles. The lowest BCUT2D eigenvalue weighted by Gasteiger charge is -2.26. The largest absolute Gasteiger partial charge is 0.370 e. The van der Waals surface area contributed by atoms with E-state index in [1.54, 1.807) is 0 Å². The molecule has 2 rings (SSSR count). The van der Waals surface area contributed by atoms with E-state index in [0.29, 0.717) is 6.04 Å². The lowest BCUT2D eigenvalue weighted by atomic mass is 9.96. The highest BCUT2D eigenvalue weighted by atomic mass is 15.2. The predicted molar refractivity (Wildman–Crippen MR) is 85.6 cm³/mol. The van der Waals surface area contributed by atoms with Crippen molar-refractivity contribution in [3.8, 4) is 0 Å². The fourth-order valence-corrected chi connectivity index (χ4v) is 2.30. The first-order valence-corrected chi connectivity index (χ1v) is 7.85. The van der Waals surface area contributed by atoms with Crippen LogP contribution in [-0.4, -0.2) is 29.1 Å². The van der Waals surface area contributed by atoms with Crippen molar-refractivity contribution in [3.05, 3.63) is 11.9 Å². The number of nitrogens with one attached hydrogen (secondary N) is 1. The minimum atomic E-state index is -0.0262. The number of aromatic nitrogens is 2. The monoisotopic (exact) mass is 276 g/mol. The minimum absolute atomic E-state index is 0.0262. The van der Waals surface area contributed by atoms with Crippen LogP contribution < -0.4 is 10.2 Å². The third-order valence-corrected chi connectivity index (χ3v) is 3.49. The molecule has 1 saturated carbocycles. The van der Waals surface area contributed by atoms with E-state index in [4.69, 9.17) is 4.98 Å². The van der Waals surface area contributed by atoms with E-state index in [0.717, 1.165) is 37.0 Å². The maximum Gasteiger partial charge on any atom is 0.138 e. The van der Waals surface area contributed by atoms with Crippen LogP contribution in [0.4, 0.5) is 11.6 Å². The Kier molecular flexibility index (Phi) is 4.51. The zero-order valence-electron chi connectivity index (χ0n) is 13.5. The molecule has 0 saturated heterocycles. The van der Waals surface area contributed by atoms with Gasteiger partial charge in [-0.05, 0) is 26.2 Å². The Hall–Kier alpha value is -1.32. The summed E-state index contributed by atoms with van der Waals surface area (Å²) in [7, 11) is 0. The highest BCUT2D eigenvalue weighted by Crippen LogP contribution is 2.32. The maximum atomic E-state index is 4.84. The van der Waals surface area contributed by atoms with Gasteiger partial charge >= 0.3 is 0 Å². The summed E-state index contributed by atoms with van der Waals surface area (Å²) in [5, 5.41) is 3.34. The molecule has 1 aromatic heterocycles. The first kappa shape index (κ1) is 15.1. The second-order valence-electron chi connectivity index (χ2n) is 6.64. The van der Waals surface area contributed by atoms with Crippen molar-refractivity contribution in [3.63, 3.8) is 0 Å². The van der Waals surface area contributed by atoms with Crippen molar-refractivity contribution in [2.24, 2.45) is 0 Å². The second kappa shape index (κ2) is 5.98. The Bertz CT molecular complexity index is 446. The molecule has 0 amide bonds. The molecule has 0 unspecified atom stereocenters. The molecule has 0 aliphatic heterocycles. The number of hydrogen-bond donors (Lipinski definition) is 1. The molecule has 112 valence electrons. The van der Waals surface area contributed by atoms with Crippen LogP contribution in [0.3, 0.4) is 0 Å². The SMILES string of the molecule is CCCN(c1cc(NCC)nc(C(C)(C)C)n1)C1CC1. The third-order valence-electron chi connectivity index (χ3n) is 3.49. The number of hydrogen-bond acceptors (Lipinski definition) is 4. The second-order valence-corrected chi connectivity index (χ2v) is 6.64. The fourth-order valence-electron chi connectivity index (χ4n) is 2.30. The molecule has 1 aliphatic carbocycles. The first-order chi connectivity index (χ1) is 9.45. The van der Waals surface area contributed by atoms with Gasteiger partial charge in [-0.1, -0.05) is 27.7 Å². The van der Waals surface area contributed by atoms with Crippen molar-refractivity contribution in [2.45, 2.75) is 65.3 Å². The van der Waals surface area contributed by atoms with E-state index in [9.17, 15) is 0 Å². The molecule has 1 aromatic rings. The first-order valence-electron chi connectivity index (χ1n) is 7.85. The molecule has 0 spiro atoms. The predicted octanol–water partition coefficient (Wildman–Crippen LogP) is 3.58. The molecule has 20 heavy (non-hydrogen) atoms. The quantitative estimate of drug-likeness (QED) is 0.862. The van der Waals surface area contributed by atoms with Crippen molar-refractivity contribution < 1.29 is 0 Å². The molecule has 0 bridgehead atoms. The molecule has 0 aromatic carbocycles. The van der Waals surface area contributed by atoms with E-state index in [1.807, 2.05) is 0 Å². The van der Waals surface area contributed by atoms with Crippen LogP contribution in [0.15, 0.2) is 6.07 Å². The fraction of sp³-hybridized carbons (Fsp3) is 0.750. The summed E-state index contributed by atoms with van der Waals surface area (Å²) >= 11 is 0. The van der Waals surface area contributed by atoms with Crippen LogP contribution in [0.5, 0.6) is 0 Å². The average molecular weight is 276 g/mol. The van der Waals surface area contributed by atoms with Crippen LogP contribution in [0.2, 0.25) is 0 Å². The van der Waals surface area contributed by atoms with Gasteiger partial charge in [-0.2, -0.15) is 0 Å². The molecule has 0 atom stereocenters. The van der Waals surface area contributed by atoms with E-state index in [-0.39, 0.29) is 5.41 Å².